The van der Waals surface area contributed by atoms with E-state index in [0.29, 0.717) is 16.5 Å². The van der Waals surface area contributed by atoms with E-state index in [-0.39, 0.29) is 6.04 Å². The Morgan fingerprint density at radius 2 is 1.80 bits per heavy atom. The molecule has 0 fully saturated rings. The van der Waals surface area contributed by atoms with Crippen molar-refractivity contribution in [2.75, 3.05) is 19.5 Å². The summed E-state index contributed by atoms with van der Waals surface area (Å²) in [5, 5.41) is 5.93. The maximum absolute atomic E-state index is 6.15. The Kier molecular flexibility index (Phi) is 5.02. The molecule has 0 aliphatic heterocycles. The third-order valence-corrected chi connectivity index (χ3v) is 4.34. The number of rotatable bonds is 5. The second kappa shape index (κ2) is 6.57. The number of halogens is 2. The molecule has 6 heteroatoms. The Labute approximate surface area is 132 Å². The van der Waals surface area contributed by atoms with E-state index >= 15 is 0 Å². The first-order valence-electron chi connectivity index (χ1n) is 5.97. The fraction of sp³-hybridized carbons (Fsp3) is 0.286. The molecule has 1 unspecified atom stereocenters. The van der Waals surface area contributed by atoms with E-state index in [1.54, 1.807) is 26.4 Å². The van der Waals surface area contributed by atoms with Gasteiger partial charge in [-0.05, 0) is 30.0 Å². The smallest absolute Gasteiger partial charge is 0.145 e. The molecule has 0 amide bonds. The van der Waals surface area contributed by atoms with Crippen LogP contribution in [-0.4, -0.2) is 14.2 Å². The van der Waals surface area contributed by atoms with Crippen molar-refractivity contribution >= 4 is 40.2 Å². The standard InChI is InChI=1S/C14H15Cl2NO2S/c1-8(9-4-14(16)20-7-9)17-11-5-10(15)12(18-2)6-13(11)19-3/h4-8,17H,1-3H3. The molecule has 1 aromatic heterocycles. The molecule has 0 spiro atoms. The number of thiophene rings is 1. The van der Waals surface area contributed by atoms with Crippen LogP contribution in [0.15, 0.2) is 23.6 Å². The van der Waals surface area contributed by atoms with Crippen LogP contribution in [0.5, 0.6) is 11.5 Å². The molecule has 0 radical (unpaired) electrons. The van der Waals surface area contributed by atoms with Crippen LogP contribution in [0, 0.1) is 0 Å². The fourth-order valence-corrected chi connectivity index (χ4v) is 3.07. The zero-order valence-corrected chi connectivity index (χ0v) is 13.7. The first-order valence-corrected chi connectivity index (χ1v) is 7.60. The van der Waals surface area contributed by atoms with Crippen molar-refractivity contribution in [2.45, 2.75) is 13.0 Å². The summed E-state index contributed by atoms with van der Waals surface area (Å²) in [5.41, 5.74) is 1.93. The molecular weight excluding hydrogens is 317 g/mol. The highest BCUT2D eigenvalue weighted by atomic mass is 35.5. The topological polar surface area (TPSA) is 30.5 Å². The lowest BCUT2D eigenvalue weighted by molar-refractivity contribution is 0.395. The largest absolute Gasteiger partial charge is 0.495 e. The number of nitrogens with one attached hydrogen (secondary N) is 1. The van der Waals surface area contributed by atoms with Crippen LogP contribution in [0.4, 0.5) is 5.69 Å². The van der Waals surface area contributed by atoms with Crippen LogP contribution in [0.1, 0.15) is 18.5 Å². The molecular formula is C14H15Cl2NO2S. The van der Waals surface area contributed by atoms with Crippen LogP contribution in [0.25, 0.3) is 0 Å². The summed E-state index contributed by atoms with van der Waals surface area (Å²) in [6.45, 7) is 2.05. The van der Waals surface area contributed by atoms with Gasteiger partial charge in [-0.15, -0.1) is 11.3 Å². The maximum Gasteiger partial charge on any atom is 0.145 e. The molecule has 0 bridgehead atoms. The summed E-state index contributed by atoms with van der Waals surface area (Å²) in [5.74, 6) is 1.26. The predicted octanol–water partition coefficient (Wildman–Crippen LogP) is 5.25. The Morgan fingerprint density at radius 3 is 2.35 bits per heavy atom. The molecule has 1 N–H and O–H groups in total. The van der Waals surface area contributed by atoms with Gasteiger partial charge in [0.25, 0.3) is 0 Å². The molecule has 1 aromatic carbocycles. The minimum Gasteiger partial charge on any atom is -0.495 e. The van der Waals surface area contributed by atoms with Crippen molar-refractivity contribution < 1.29 is 9.47 Å². The fourth-order valence-electron chi connectivity index (χ4n) is 1.84. The molecule has 3 nitrogen and oxygen atoms in total. The first kappa shape index (κ1) is 15.3. The Balaban J connectivity index is 2.26. The molecule has 1 atom stereocenters. The van der Waals surface area contributed by atoms with E-state index in [9.17, 15) is 0 Å². The SMILES string of the molecule is COc1cc(OC)c(NC(C)c2csc(Cl)c2)cc1Cl. The van der Waals surface area contributed by atoms with Crippen molar-refractivity contribution in [3.63, 3.8) is 0 Å². The monoisotopic (exact) mass is 331 g/mol. The number of hydrogen-bond acceptors (Lipinski definition) is 4. The number of anilines is 1. The van der Waals surface area contributed by atoms with E-state index < -0.39 is 0 Å². The summed E-state index contributed by atoms with van der Waals surface area (Å²) < 4.78 is 11.3. The number of ether oxygens (including phenoxy) is 2. The van der Waals surface area contributed by atoms with Gasteiger partial charge in [-0.1, -0.05) is 23.2 Å². The second-order valence-corrected chi connectivity index (χ2v) is 6.19. The van der Waals surface area contributed by atoms with Crippen molar-refractivity contribution in [3.8, 4) is 11.5 Å². The van der Waals surface area contributed by atoms with Gasteiger partial charge in [-0.3, -0.25) is 0 Å². The van der Waals surface area contributed by atoms with Gasteiger partial charge in [-0.25, -0.2) is 0 Å². The lowest BCUT2D eigenvalue weighted by Gasteiger charge is -2.18. The molecule has 0 aliphatic rings. The number of methoxy groups -OCH3 is 2. The highest BCUT2D eigenvalue weighted by Gasteiger charge is 2.14. The quantitative estimate of drug-likeness (QED) is 0.812. The van der Waals surface area contributed by atoms with E-state index in [0.717, 1.165) is 15.6 Å². The average Bonchev–Trinajstić information content (AvgIpc) is 2.86. The third kappa shape index (κ3) is 3.32. The average molecular weight is 332 g/mol. The molecule has 2 rings (SSSR count). The molecule has 0 aliphatic carbocycles. The van der Waals surface area contributed by atoms with Crippen molar-refractivity contribution in [3.05, 3.63) is 38.5 Å². The molecule has 0 saturated carbocycles. The van der Waals surface area contributed by atoms with E-state index in [1.807, 2.05) is 11.4 Å². The van der Waals surface area contributed by atoms with Crippen LogP contribution in [-0.2, 0) is 0 Å². The Hall–Kier alpha value is -1.10. The van der Waals surface area contributed by atoms with E-state index in [4.69, 9.17) is 32.7 Å². The molecule has 108 valence electrons. The predicted molar refractivity (Wildman–Crippen MR) is 85.9 cm³/mol. The first-order chi connectivity index (χ1) is 9.55. The van der Waals surface area contributed by atoms with Crippen molar-refractivity contribution in [2.24, 2.45) is 0 Å². The summed E-state index contributed by atoms with van der Waals surface area (Å²) in [6, 6.07) is 5.60. The highest BCUT2D eigenvalue weighted by Crippen LogP contribution is 2.38. The summed E-state index contributed by atoms with van der Waals surface area (Å²) in [4.78, 5) is 0. The molecule has 2 aromatic rings. The van der Waals surface area contributed by atoms with Crippen LogP contribution in [0.3, 0.4) is 0 Å². The minimum atomic E-state index is 0.0945. The van der Waals surface area contributed by atoms with Crippen LogP contribution in [0.2, 0.25) is 9.36 Å². The van der Waals surface area contributed by atoms with Gasteiger partial charge in [-0.2, -0.15) is 0 Å². The van der Waals surface area contributed by atoms with Gasteiger partial charge in [0.05, 0.1) is 29.3 Å². The zero-order valence-electron chi connectivity index (χ0n) is 11.4. The van der Waals surface area contributed by atoms with E-state index in [2.05, 4.69) is 12.2 Å². The highest BCUT2D eigenvalue weighted by molar-refractivity contribution is 7.14. The molecule has 1 heterocycles. The summed E-state index contributed by atoms with van der Waals surface area (Å²) in [6.07, 6.45) is 0. The van der Waals surface area contributed by atoms with Crippen molar-refractivity contribution in [1.82, 2.24) is 0 Å². The van der Waals surface area contributed by atoms with Gasteiger partial charge < -0.3 is 14.8 Å². The normalized spacial score (nSPS) is 12.1. The van der Waals surface area contributed by atoms with E-state index in [1.165, 1.54) is 11.3 Å². The van der Waals surface area contributed by atoms with Gasteiger partial charge >= 0.3 is 0 Å². The van der Waals surface area contributed by atoms with Crippen molar-refractivity contribution in [1.29, 1.82) is 0 Å². The summed E-state index contributed by atoms with van der Waals surface area (Å²) >= 11 is 13.6. The molecule has 0 saturated heterocycles. The lowest BCUT2D eigenvalue weighted by Crippen LogP contribution is -2.07. The number of benzene rings is 1. The Morgan fingerprint density at radius 1 is 1.10 bits per heavy atom. The Bertz CT molecular complexity index is 601. The second-order valence-electron chi connectivity index (χ2n) is 4.24. The van der Waals surface area contributed by atoms with Gasteiger partial charge in [0.2, 0.25) is 0 Å². The van der Waals surface area contributed by atoms with Crippen LogP contribution < -0.4 is 14.8 Å². The van der Waals surface area contributed by atoms with Crippen LogP contribution >= 0.6 is 34.5 Å². The minimum absolute atomic E-state index is 0.0945. The summed E-state index contributed by atoms with van der Waals surface area (Å²) in [7, 11) is 3.18. The van der Waals surface area contributed by atoms with Gasteiger partial charge in [0.15, 0.2) is 0 Å². The molecule has 20 heavy (non-hydrogen) atoms. The maximum atomic E-state index is 6.15. The zero-order chi connectivity index (χ0) is 14.7. The van der Waals surface area contributed by atoms with Gasteiger partial charge in [0, 0.05) is 12.1 Å². The van der Waals surface area contributed by atoms with Gasteiger partial charge in [0.1, 0.15) is 11.5 Å². The lowest BCUT2D eigenvalue weighted by atomic mass is 10.1. The number of hydrogen-bond donors (Lipinski definition) is 1. The third-order valence-electron chi connectivity index (χ3n) is 2.93.